The minimum Gasteiger partial charge on any atom is -0.376 e. The lowest BCUT2D eigenvalue weighted by atomic mass is 10.1. The molecule has 0 bridgehead atoms. The van der Waals surface area contributed by atoms with Crippen molar-refractivity contribution in [2.45, 2.75) is 45.0 Å². The average molecular weight is 409 g/mol. The van der Waals surface area contributed by atoms with E-state index >= 15 is 0 Å². The first-order valence-corrected chi connectivity index (χ1v) is 9.72. The van der Waals surface area contributed by atoms with E-state index in [4.69, 9.17) is 4.74 Å². The van der Waals surface area contributed by atoms with E-state index in [-0.39, 0.29) is 23.8 Å². The smallest absolute Gasteiger partial charge is 0.376 e. The number of alkyl halides is 3. The molecule has 0 N–H and O–H groups in total. The molecule has 3 unspecified atom stereocenters. The summed E-state index contributed by atoms with van der Waals surface area (Å²) in [6, 6.07) is 6.81. The number of ether oxygens (including phenoxy) is 1. The summed E-state index contributed by atoms with van der Waals surface area (Å²) < 4.78 is 47.8. The Kier molecular flexibility index (Phi) is 5.33. The molecular formula is C20H22F3N3O3. The molecule has 0 spiro atoms. The quantitative estimate of drug-likeness (QED) is 0.723. The molecule has 6 nitrogen and oxygen atoms in total. The summed E-state index contributed by atoms with van der Waals surface area (Å²) in [5.74, 6) is -0.856. The van der Waals surface area contributed by atoms with Crippen LogP contribution in [-0.4, -0.2) is 40.2 Å². The lowest BCUT2D eigenvalue weighted by molar-refractivity contribution is -0.159. The number of benzene rings is 1. The molecule has 4 rings (SSSR count). The highest BCUT2D eigenvalue weighted by molar-refractivity contribution is 5.81. The second kappa shape index (κ2) is 7.78. The van der Waals surface area contributed by atoms with Crippen LogP contribution >= 0.6 is 0 Å². The maximum absolute atomic E-state index is 12.8. The fraction of sp³-hybridized carbons (Fsp3) is 0.550. The number of carbonyl (C=O) groups excluding carboxylic acids is 1. The molecule has 1 amide bonds. The number of hydrogen-bond acceptors (Lipinski definition) is 5. The van der Waals surface area contributed by atoms with Crippen LogP contribution in [0.1, 0.15) is 37.6 Å². The van der Waals surface area contributed by atoms with Crippen molar-refractivity contribution in [3.05, 3.63) is 35.7 Å². The molecule has 1 aliphatic heterocycles. The van der Waals surface area contributed by atoms with Gasteiger partial charge in [-0.25, -0.2) is 0 Å². The minimum atomic E-state index is -4.67. The van der Waals surface area contributed by atoms with E-state index in [0.29, 0.717) is 24.6 Å². The van der Waals surface area contributed by atoms with Gasteiger partial charge in [0.05, 0.1) is 6.10 Å². The van der Waals surface area contributed by atoms with Gasteiger partial charge in [-0.05, 0) is 30.7 Å². The van der Waals surface area contributed by atoms with Gasteiger partial charge in [0.2, 0.25) is 11.7 Å². The highest BCUT2D eigenvalue weighted by Crippen LogP contribution is 2.39. The number of aromatic nitrogens is 2. The Balaban J connectivity index is 1.46. The van der Waals surface area contributed by atoms with Crippen LogP contribution in [0.4, 0.5) is 13.2 Å². The third kappa shape index (κ3) is 4.60. The minimum absolute atomic E-state index is 0.0624. The molecule has 1 aromatic carbocycles. The van der Waals surface area contributed by atoms with Gasteiger partial charge in [-0.2, -0.15) is 18.2 Å². The van der Waals surface area contributed by atoms with Crippen LogP contribution in [-0.2, 0) is 22.3 Å². The SMILES string of the molecule is CC1CC1C(=O)N(Cc1ccc(-c2noc(C(F)(F)F)n2)cc1)CC1CCCO1. The molecule has 0 radical (unpaired) electrons. The van der Waals surface area contributed by atoms with Gasteiger partial charge in [0.15, 0.2) is 0 Å². The number of hydrogen-bond donors (Lipinski definition) is 0. The van der Waals surface area contributed by atoms with Crippen LogP contribution in [0.3, 0.4) is 0 Å². The van der Waals surface area contributed by atoms with Gasteiger partial charge in [0.25, 0.3) is 0 Å². The van der Waals surface area contributed by atoms with Crippen molar-refractivity contribution in [3.8, 4) is 11.4 Å². The van der Waals surface area contributed by atoms with Crippen LogP contribution in [0.5, 0.6) is 0 Å². The Morgan fingerprint density at radius 1 is 1.28 bits per heavy atom. The van der Waals surface area contributed by atoms with Crippen LogP contribution in [0.25, 0.3) is 11.4 Å². The van der Waals surface area contributed by atoms with E-state index in [2.05, 4.69) is 21.6 Å². The summed E-state index contributed by atoms with van der Waals surface area (Å²) in [6.45, 7) is 3.79. The lowest BCUT2D eigenvalue weighted by Crippen LogP contribution is -2.38. The number of carbonyl (C=O) groups is 1. The van der Waals surface area contributed by atoms with Crippen molar-refractivity contribution in [2.75, 3.05) is 13.2 Å². The van der Waals surface area contributed by atoms with Crippen LogP contribution in [0, 0.1) is 11.8 Å². The summed E-state index contributed by atoms with van der Waals surface area (Å²) >= 11 is 0. The molecule has 2 fully saturated rings. The molecular weight excluding hydrogens is 387 g/mol. The van der Waals surface area contributed by atoms with Crippen LogP contribution < -0.4 is 0 Å². The summed E-state index contributed by atoms with van der Waals surface area (Å²) in [4.78, 5) is 18.1. The Morgan fingerprint density at radius 2 is 2.00 bits per heavy atom. The predicted octanol–water partition coefficient (Wildman–Crippen LogP) is 3.92. The molecule has 2 aliphatic rings. The highest BCUT2D eigenvalue weighted by Gasteiger charge is 2.42. The van der Waals surface area contributed by atoms with Crippen molar-refractivity contribution in [2.24, 2.45) is 11.8 Å². The first kappa shape index (κ1) is 19.9. The van der Waals surface area contributed by atoms with Crippen LogP contribution in [0.2, 0.25) is 0 Å². The molecule has 1 aromatic heterocycles. The molecule has 156 valence electrons. The Hall–Kier alpha value is -2.42. The van der Waals surface area contributed by atoms with Gasteiger partial charge in [0.1, 0.15) is 0 Å². The van der Waals surface area contributed by atoms with Gasteiger partial charge >= 0.3 is 12.1 Å². The predicted molar refractivity (Wildman–Crippen MR) is 96.4 cm³/mol. The normalized spacial score (nSPS) is 23.9. The molecule has 1 aliphatic carbocycles. The second-order valence-electron chi connectivity index (χ2n) is 7.79. The van der Waals surface area contributed by atoms with Gasteiger partial charge in [-0.3, -0.25) is 4.79 Å². The lowest BCUT2D eigenvalue weighted by Gasteiger charge is -2.26. The van der Waals surface area contributed by atoms with Gasteiger partial charge in [0, 0.05) is 31.2 Å². The highest BCUT2D eigenvalue weighted by atomic mass is 19.4. The summed E-state index contributed by atoms with van der Waals surface area (Å²) in [5.41, 5.74) is 1.30. The molecule has 29 heavy (non-hydrogen) atoms. The van der Waals surface area contributed by atoms with E-state index in [1.165, 1.54) is 0 Å². The number of nitrogens with zero attached hydrogens (tertiary/aromatic N) is 3. The molecule has 1 saturated carbocycles. The fourth-order valence-electron chi connectivity index (χ4n) is 3.60. The second-order valence-corrected chi connectivity index (χ2v) is 7.79. The molecule has 2 aromatic rings. The van der Waals surface area contributed by atoms with E-state index in [1.54, 1.807) is 24.3 Å². The van der Waals surface area contributed by atoms with Crippen molar-refractivity contribution >= 4 is 5.91 Å². The first-order chi connectivity index (χ1) is 13.8. The number of amides is 1. The summed E-state index contributed by atoms with van der Waals surface area (Å²) in [7, 11) is 0. The average Bonchev–Trinajstić information content (AvgIpc) is 3.09. The monoisotopic (exact) mass is 409 g/mol. The fourth-order valence-corrected chi connectivity index (χ4v) is 3.60. The summed E-state index contributed by atoms with van der Waals surface area (Å²) in [5, 5.41) is 3.39. The van der Waals surface area contributed by atoms with Gasteiger partial charge < -0.3 is 14.2 Å². The van der Waals surface area contributed by atoms with E-state index < -0.39 is 12.1 Å². The van der Waals surface area contributed by atoms with E-state index in [0.717, 1.165) is 31.4 Å². The van der Waals surface area contributed by atoms with Gasteiger partial charge in [-0.15, -0.1) is 0 Å². The maximum Gasteiger partial charge on any atom is 0.471 e. The number of rotatable bonds is 6. The zero-order valence-electron chi connectivity index (χ0n) is 16.0. The zero-order chi connectivity index (χ0) is 20.6. The Morgan fingerprint density at radius 3 is 2.55 bits per heavy atom. The Labute approximate surface area is 166 Å². The van der Waals surface area contributed by atoms with Gasteiger partial charge in [-0.1, -0.05) is 36.3 Å². The third-order valence-corrected chi connectivity index (χ3v) is 5.44. The van der Waals surface area contributed by atoms with Crippen LogP contribution in [0.15, 0.2) is 28.8 Å². The van der Waals surface area contributed by atoms with Crippen molar-refractivity contribution in [3.63, 3.8) is 0 Å². The topological polar surface area (TPSA) is 68.5 Å². The Bertz CT molecular complexity index is 860. The van der Waals surface area contributed by atoms with Crippen molar-refractivity contribution < 1.29 is 27.2 Å². The zero-order valence-corrected chi connectivity index (χ0v) is 16.0. The van der Waals surface area contributed by atoms with E-state index in [1.807, 2.05) is 4.90 Å². The molecule has 1 saturated heterocycles. The maximum atomic E-state index is 12.8. The molecule has 9 heteroatoms. The summed E-state index contributed by atoms with van der Waals surface area (Å²) in [6.07, 6.45) is -1.74. The van der Waals surface area contributed by atoms with E-state index in [9.17, 15) is 18.0 Å². The molecule has 3 atom stereocenters. The third-order valence-electron chi connectivity index (χ3n) is 5.44. The van der Waals surface area contributed by atoms with Crippen molar-refractivity contribution in [1.82, 2.24) is 15.0 Å². The standard InChI is InChI=1S/C20H22F3N3O3/c1-12-9-16(12)18(27)26(11-15-3-2-8-28-15)10-13-4-6-14(7-5-13)17-24-19(29-25-17)20(21,22)23/h4-7,12,15-16H,2-3,8-11H2,1H3. The largest absolute Gasteiger partial charge is 0.471 e. The molecule has 2 heterocycles. The van der Waals surface area contributed by atoms with Crippen molar-refractivity contribution in [1.29, 1.82) is 0 Å². The number of halogens is 3. The first-order valence-electron chi connectivity index (χ1n) is 9.72.